The van der Waals surface area contributed by atoms with Crippen LogP contribution >= 0.6 is 15.9 Å². The summed E-state index contributed by atoms with van der Waals surface area (Å²) in [6.07, 6.45) is 2.80. The van der Waals surface area contributed by atoms with Gasteiger partial charge in [-0.2, -0.15) is 0 Å². The molecule has 0 aliphatic heterocycles. The lowest BCUT2D eigenvalue weighted by molar-refractivity contribution is 0.484. The van der Waals surface area contributed by atoms with Crippen molar-refractivity contribution in [3.05, 3.63) is 22.7 Å². The summed E-state index contributed by atoms with van der Waals surface area (Å²) in [6.45, 7) is 3.83. The molecule has 0 aromatic carbocycles. The van der Waals surface area contributed by atoms with Gasteiger partial charge < -0.3 is 9.73 Å². The van der Waals surface area contributed by atoms with Crippen molar-refractivity contribution in [1.29, 1.82) is 0 Å². The zero-order valence-corrected chi connectivity index (χ0v) is 11.5. The number of halogens is 1. The Hall–Kier alpha value is -1.14. The van der Waals surface area contributed by atoms with E-state index in [9.17, 15) is 0 Å². The molecule has 0 unspecified atom stereocenters. The molecule has 2 heterocycles. The first-order chi connectivity index (χ1) is 8.24. The molecule has 0 amide bonds. The predicted molar refractivity (Wildman–Crippen MR) is 68.4 cm³/mol. The Labute approximate surface area is 108 Å². The van der Waals surface area contributed by atoms with E-state index in [0.29, 0.717) is 6.54 Å². The first kappa shape index (κ1) is 12.3. The number of hydrogen-bond donors (Lipinski definition) is 1. The van der Waals surface area contributed by atoms with Crippen molar-refractivity contribution in [2.24, 2.45) is 7.05 Å². The number of nitrogens with zero attached hydrogens (tertiary/aromatic N) is 3. The van der Waals surface area contributed by atoms with Gasteiger partial charge in [0.05, 0.1) is 12.8 Å². The molecule has 5 nitrogen and oxygen atoms in total. The molecule has 2 rings (SSSR count). The predicted octanol–water partition coefficient (Wildman–Crippen LogP) is 2.34. The van der Waals surface area contributed by atoms with Gasteiger partial charge >= 0.3 is 0 Å². The van der Waals surface area contributed by atoms with Gasteiger partial charge in [-0.05, 0) is 35.0 Å². The van der Waals surface area contributed by atoms with Gasteiger partial charge in [-0.15, -0.1) is 5.10 Å². The summed E-state index contributed by atoms with van der Waals surface area (Å²) in [5.74, 6) is 0.907. The van der Waals surface area contributed by atoms with Crippen LogP contribution in [0.1, 0.15) is 19.1 Å². The molecule has 0 fully saturated rings. The number of aryl methyl sites for hydroxylation is 1. The highest BCUT2D eigenvalue weighted by molar-refractivity contribution is 9.10. The van der Waals surface area contributed by atoms with Crippen molar-refractivity contribution in [3.8, 4) is 11.3 Å². The molecular formula is C11H15BrN4O. The van der Waals surface area contributed by atoms with E-state index >= 15 is 0 Å². The lowest BCUT2D eigenvalue weighted by Gasteiger charge is -2.04. The molecule has 1 N–H and O–H groups in total. The molecule has 0 aliphatic rings. The number of rotatable bonds is 5. The fraction of sp³-hybridized carbons (Fsp3) is 0.455. The minimum atomic E-state index is 0.716. The van der Waals surface area contributed by atoms with Crippen molar-refractivity contribution < 1.29 is 4.42 Å². The molecule has 0 radical (unpaired) electrons. The third-order valence-corrected chi connectivity index (χ3v) is 3.03. The minimum Gasteiger partial charge on any atom is -0.467 e. The second-order valence-corrected chi connectivity index (χ2v) is 4.54. The third-order valence-electron chi connectivity index (χ3n) is 2.50. The lowest BCUT2D eigenvalue weighted by atomic mass is 10.2. The van der Waals surface area contributed by atoms with E-state index in [1.807, 2.05) is 13.1 Å². The Bertz CT molecular complexity index is 472. The van der Waals surface area contributed by atoms with Crippen LogP contribution < -0.4 is 5.32 Å². The Balaban J connectivity index is 2.24. The van der Waals surface area contributed by atoms with Crippen LogP contribution in [0.25, 0.3) is 11.3 Å². The normalized spacial score (nSPS) is 11.0. The Kier molecular flexibility index (Phi) is 3.96. The van der Waals surface area contributed by atoms with Crippen molar-refractivity contribution in [2.45, 2.75) is 19.9 Å². The van der Waals surface area contributed by atoms with E-state index in [2.05, 4.69) is 38.5 Å². The Morgan fingerprint density at radius 2 is 2.35 bits per heavy atom. The summed E-state index contributed by atoms with van der Waals surface area (Å²) in [7, 11) is 1.86. The molecule has 2 aromatic heterocycles. The fourth-order valence-corrected chi connectivity index (χ4v) is 2.23. The molecule has 0 saturated carbocycles. The van der Waals surface area contributed by atoms with Crippen LogP contribution in [0, 0.1) is 0 Å². The van der Waals surface area contributed by atoms with Gasteiger partial charge in [0, 0.05) is 12.6 Å². The first-order valence-electron chi connectivity index (χ1n) is 5.56. The first-order valence-corrected chi connectivity index (χ1v) is 6.36. The van der Waals surface area contributed by atoms with Crippen molar-refractivity contribution in [1.82, 2.24) is 20.3 Å². The molecule has 2 aromatic rings. The van der Waals surface area contributed by atoms with Crippen LogP contribution in [-0.4, -0.2) is 21.5 Å². The minimum absolute atomic E-state index is 0.716. The van der Waals surface area contributed by atoms with Gasteiger partial charge in [0.25, 0.3) is 0 Å². The van der Waals surface area contributed by atoms with Gasteiger partial charge in [-0.3, -0.25) is 0 Å². The summed E-state index contributed by atoms with van der Waals surface area (Å²) in [4.78, 5) is 0. The Morgan fingerprint density at radius 1 is 1.53 bits per heavy atom. The molecule has 0 atom stereocenters. The quantitative estimate of drug-likeness (QED) is 0.861. The average Bonchev–Trinajstić information content (AvgIpc) is 2.87. The summed E-state index contributed by atoms with van der Waals surface area (Å²) >= 11 is 3.40. The maximum atomic E-state index is 5.49. The van der Waals surface area contributed by atoms with Gasteiger partial charge in [-0.1, -0.05) is 12.1 Å². The number of nitrogens with one attached hydrogen (secondary N) is 1. The highest BCUT2D eigenvalue weighted by atomic mass is 79.9. The highest BCUT2D eigenvalue weighted by Crippen LogP contribution is 2.29. The summed E-state index contributed by atoms with van der Waals surface area (Å²) in [5.41, 5.74) is 1.96. The molecule has 0 bridgehead atoms. The number of hydrogen-bond acceptors (Lipinski definition) is 4. The topological polar surface area (TPSA) is 55.9 Å². The fourth-order valence-electron chi connectivity index (χ4n) is 1.68. The van der Waals surface area contributed by atoms with Crippen molar-refractivity contribution in [3.63, 3.8) is 0 Å². The molecular weight excluding hydrogens is 284 g/mol. The molecule has 0 spiro atoms. The SMILES string of the molecule is CCCNCc1occc1-c1c(Br)nnn1C. The standard InChI is InChI=1S/C11H15BrN4O/c1-3-5-13-7-9-8(4-6-17-9)10-11(12)14-15-16(10)2/h4,6,13H,3,5,7H2,1-2H3. The van der Waals surface area contributed by atoms with E-state index in [4.69, 9.17) is 4.42 Å². The average molecular weight is 299 g/mol. The molecule has 17 heavy (non-hydrogen) atoms. The molecule has 0 saturated heterocycles. The maximum absolute atomic E-state index is 5.49. The van der Waals surface area contributed by atoms with Gasteiger partial charge in [0.2, 0.25) is 0 Å². The van der Waals surface area contributed by atoms with E-state index in [1.165, 1.54) is 0 Å². The Morgan fingerprint density at radius 3 is 3.00 bits per heavy atom. The van der Waals surface area contributed by atoms with Gasteiger partial charge in [-0.25, -0.2) is 4.68 Å². The monoisotopic (exact) mass is 298 g/mol. The maximum Gasteiger partial charge on any atom is 0.156 e. The second-order valence-electron chi connectivity index (χ2n) is 3.79. The zero-order valence-electron chi connectivity index (χ0n) is 9.90. The molecule has 0 aliphatic carbocycles. The number of aromatic nitrogens is 3. The molecule has 92 valence electrons. The van der Waals surface area contributed by atoms with Crippen LogP contribution in [0.5, 0.6) is 0 Å². The largest absolute Gasteiger partial charge is 0.467 e. The van der Waals surface area contributed by atoms with E-state index < -0.39 is 0 Å². The van der Waals surface area contributed by atoms with Crippen molar-refractivity contribution >= 4 is 15.9 Å². The lowest BCUT2D eigenvalue weighted by Crippen LogP contribution is -2.14. The van der Waals surface area contributed by atoms with E-state index in [1.54, 1.807) is 10.9 Å². The van der Waals surface area contributed by atoms with Crippen molar-refractivity contribution in [2.75, 3.05) is 6.54 Å². The smallest absolute Gasteiger partial charge is 0.156 e. The van der Waals surface area contributed by atoms with Gasteiger partial charge in [0.1, 0.15) is 11.5 Å². The van der Waals surface area contributed by atoms with Crippen LogP contribution in [0.15, 0.2) is 21.3 Å². The van der Waals surface area contributed by atoms with Gasteiger partial charge in [0.15, 0.2) is 4.60 Å². The van der Waals surface area contributed by atoms with E-state index in [-0.39, 0.29) is 0 Å². The molecule has 6 heteroatoms. The summed E-state index contributed by atoms with van der Waals surface area (Å²) in [6, 6.07) is 1.94. The number of furan rings is 1. The second kappa shape index (κ2) is 5.46. The summed E-state index contributed by atoms with van der Waals surface area (Å²) in [5, 5.41) is 11.3. The third kappa shape index (κ3) is 2.58. The van der Waals surface area contributed by atoms with Crippen LogP contribution in [-0.2, 0) is 13.6 Å². The van der Waals surface area contributed by atoms with Crippen LogP contribution in [0.4, 0.5) is 0 Å². The van der Waals surface area contributed by atoms with E-state index in [0.717, 1.165) is 34.6 Å². The highest BCUT2D eigenvalue weighted by Gasteiger charge is 2.16. The zero-order chi connectivity index (χ0) is 12.3. The van der Waals surface area contributed by atoms with Crippen LogP contribution in [0.3, 0.4) is 0 Å². The van der Waals surface area contributed by atoms with Crippen LogP contribution in [0.2, 0.25) is 0 Å². The summed E-state index contributed by atoms with van der Waals surface area (Å²) < 4.78 is 7.96.